The molecule has 0 unspecified atom stereocenters. The molecule has 3 aromatic rings. The summed E-state index contributed by atoms with van der Waals surface area (Å²) >= 11 is 1.41. The fraction of sp³-hybridized carbons (Fsp3) is 0.400. The average Bonchev–Trinajstić information content (AvgIpc) is 3.39. The number of carbonyl (C=O) groups is 1. The number of methoxy groups -OCH3 is 1. The maximum absolute atomic E-state index is 12.7. The maximum Gasteiger partial charge on any atom is 0.263 e. The summed E-state index contributed by atoms with van der Waals surface area (Å²) in [6.45, 7) is 1.87. The molecule has 1 amide bonds. The molecular weight excluding hydrogens is 390 g/mol. The topological polar surface area (TPSA) is 91.2 Å². The zero-order valence-corrected chi connectivity index (χ0v) is 17.2. The summed E-state index contributed by atoms with van der Waals surface area (Å²) in [7, 11) is 1.55. The molecule has 0 bridgehead atoms. The van der Waals surface area contributed by atoms with Gasteiger partial charge in [0.25, 0.3) is 5.91 Å². The van der Waals surface area contributed by atoms with Crippen molar-refractivity contribution < 1.29 is 14.3 Å². The van der Waals surface area contributed by atoms with Gasteiger partial charge in [-0.15, -0.1) is 0 Å². The van der Waals surface area contributed by atoms with Gasteiger partial charge in [-0.3, -0.25) is 9.78 Å². The highest BCUT2D eigenvalue weighted by Gasteiger charge is 2.26. The lowest BCUT2D eigenvalue weighted by Crippen LogP contribution is -2.39. The minimum absolute atomic E-state index is 0.0542. The summed E-state index contributed by atoms with van der Waals surface area (Å²) in [5.74, 6) is 0.846. The van der Waals surface area contributed by atoms with Gasteiger partial charge in [-0.05, 0) is 44.7 Å². The Morgan fingerprint density at radius 1 is 1.14 bits per heavy atom. The molecule has 3 aromatic heterocycles. The predicted molar refractivity (Wildman–Crippen MR) is 109 cm³/mol. The number of amides is 1. The van der Waals surface area contributed by atoms with Gasteiger partial charge >= 0.3 is 0 Å². The molecule has 1 aliphatic carbocycles. The number of rotatable bonds is 6. The molecule has 1 aliphatic rings. The second-order valence-electron chi connectivity index (χ2n) is 6.97. The van der Waals surface area contributed by atoms with Crippen LogP contribution in [-0.4, -0.2) is 44.7 Å². The van der Waals surface area contributed by atoms with Crippen LogP contribution >= 0.6 is 11.3 Å². The fourth-order valence-electron chi connectivity index (χ4n) is 3.40. The van der Waals surface area contributed by atoms with Crippen LogP contribution in [0, 0.1) is 6.92 Å². The van der Waals surface area contributed by atoms with Gasteiger partial charge in [0.15, 0.2) is 5.13 Å². The van der Waals surface area contributed by atoms with Gasteiger partial charge in [0, 0.05) is 18.4 Å². The van der Waals surface area contributed by atoms with Gasteiger partial charge in [-0.1, -0.05) is 11.3 Å². The van der Waals surface area contributed by atoms with E-state index in [2.05, 4.69) is 20.3 Å². The molecule has 0 spiro atoms. The molecule has 0 radical (unpaired) electrons. The Morgan fingerprint density at radius 3 is 2.59 bits per heavy atom. The van der Waals surface area contributed by atoms with Crippen molar-refractivity contribution in [2.24, 2.45) is 0 Å². The van der Waals surface area contributed by atoms with Gasteiger partial charge in [0.1, 0.15) is 11.0 Å². The lowest BCUT2D eigenvalue weighted by molar-refractivity contribution is 0.0892. The standard InChI is InChI=1S/C20H23N5O3S/c1-13-18(29-20(22-13)25-9-3-4-10-25)19(26)23-14-5-7-15(8-6-14)28-17-12-21-11-16(24-17)27-2/h3-4,9-12,14-15H,5-8H2,1-2H3,(H,23,26). The second-order valence-corrected chi connectivity index (χ2v) is 7.94. The van der Waals surface area contributed by atoms with Crippen molar-refractivity contribution in [3.63, 3.8) is 0 Å². The Hall–Kier alpha value is -2.94. The van der Waals surface area contributed by atoms with E-state index in [4.69, 9.17) is 9.47 Å². The molecule has 0 saturated heterocycles. The van der Waals surface area contributed by atoms with Gasteiger partial charge < -0.3 is 19.4 Å². The van der Waals surface area contributed by atoms with Gasteiger partial charge in [0.2, 0.25) is 11.8 Å². The van der Waals surface area contributed by atoms with Crippen LogP contribution < -0.4 is 14.8 Å². The number of carbonyl (C=O) groups excluding carboxylic acids is 1. The average molecular weight is 414 g/mol. The molecule has 0 atom stereocenters. The SMILES string of the molecule is COc1cncc(OC2CCC(NC(=O)c3sc(-n4cccc4)nc3C)CC2)n1. The molecule has 152 valence electrons. The van der Waals surface area contributed by atoms with Crippen LogP contribution in [0.4, 0.5) is 0 Å². The first-order valence-electron chi connectivity index (χ1n) is 9.56. The summed E-state index contributed by atoms with van der Waals surface area (Å²) in [4.78, 5) is 26.2. The second kappa shape index (κ2) is 8.60. The Balaban J connectivity index is 1.31. The molecule has 1 N–H and O–H groups in total. The monoisotopic (exact) mass is 413 g/mol. The van der Waals surface area contributed by atoms with E-state index in [1.54, 1.807) is 19.5 Å². The minimum Gasteiger partial charge on any atom is -0.480 e. The molecular formula is C20H23N5O3S. The lowest BCUT2D eigenvalue weighted by Gasteiger charge is -2.29. The molecule has 1 saturated carbocycles. The van der Waals surface area contributed by atoms with Crippen molar-refractivity contribution in [3.8, 4) is 16.9 Å². The van der Waals surface area contributed by atoms with Crippen LogP contribution in [0.5, 0.6) is 11.8 Å². The van der Waals surface area contributed by atoms with Crippen LogP contribution in [0.1, 0.15) is 41.0 Å². The largest absolute Gasteiger partial charge is 0.480 e. The minimum atomic E-state index is -0.0542. The molecule has 9 heteroatoms. The summed E-state index contributed by atoms with van der Waals surface area (Å²) in [5, 5.41) is 3.96. The van der Waals surface area contributed by atoms with Crippen LogP contribution in [0.2, 0.25) is 0 Å². The van der Waals surface area contributed by atoms with Crippen molar-refractivity contribution >= 4 is 17.2 Å². The van der Waals surface area contributed by atoms with E-state index in [1.165, 1.54) is 11.3 Å². The number of thiazole rings is 1. The zero-order valence-electron chi connectivity index (χ0n) is 16.4. The third kappa shape index (κ3) is 4.56. The van der Waals surface area contributed by atoms with Crippen LogP contribution in [-0.2, 0) is 0 Å². The third-order valence-electron chi connectivity index (χ3n) is 4.91. The number of aryl methyl sites for hydroxylation is 1. The number of nitrogens with one attached hydrogen (secondary N) is 1. The highest BCUT2D eigenvalue weighted by molar-refractivity contribution is 7.16. The normalized spacial score (nSPS) is 19.0. The number of hydrogen-bond acceptors (Lipinski definition) is 7. The Morgan fingerprint density at radius 2 is 1.86 bits per heavy atom. The maximum atomic E-state index is 12.7. The Kier molecular flexibility index (Phi) is 5.75. The van der Waals surface area contributed by atoms with Crippen LogP contribution in [0.3, 0.4) is 0 Å². The fourth-order valence-corrected chi connectivity index (χ4v) is 4.34. The van der Waals surface area contributed by atoms with E-state index in [1.807, 2.05) is 36.0 Å². The number of nitrogens with zero attached hydrogens (tertiary/aromatic N) is 4. The van der Waals surface area contributed by atoms with E-state index in [-0.39, 0.29) is 18.1 Å². The molecule has 1 fully saturated rings. The van der Waals surface area contributed by atoms with Crippen molar-refractivity contribution in [1.82, 2.24) is 24.8 Å². The highest BCUT2D eigenvalue weighted by atomic mass is 32.1. The molecule has 0 aromatic carbocycles. The Bertz CT molecular complexity index is 964. The van der Waals surface area contributed by atoms with Crippen molar-refractivity contribution in [1.29, 1.82) is 0 Å². The highest BCUT2D eigenvalue weighted by Crippen LogP contribution is 2.25. The molecule has 3 heterocycles. The Labute approximate surface area is 172 Å². The smallest absolute Gasteiger partial charge is 0.263 e. The van der Waals surface area contributed by atoms with Gasteiger partial charge in [-0.25, -0.2) is 4.98 Å². The van der Waals surface area contributed by atoms with E-state index in [0.717, 1.165) is 36.5 Å². The molecule has 29 heavy (non-hydrogen) atoms. The van der Waals surface area contributed by atoms with Crippen molar-refractivity contribution in [3.05, 3.63) is 47.5 Å². The van der Waals surface area contributed by atoms with Gasteiger partial charge in [-0.2, -0.15) is 4.98 Å². The summed E-state index contributed by atoms with van der Waals surface area (Å²) < 4.78 is 12.9. The van der Waals surface area contributed by atoms with Crippen LogP contribution in [0.15, 0.2) is 36.9 Å². The lowest BCUT2D eigenvalue weighted by atomic mass is 9.93. The van der Waals surface area contributed by atoms with Crippen molar-refractivity contribution in [2.75, 3.05) is 7.11 Å². The number of aromatic nitrogens is 4. The summed E-state index contributed by atoms with van der Waals surface area (Å²) in [6.07, 6.45) is 10.5. The molecule has 0 aliphatic heterocycles. The van der Waals surface area contributed by atoms with Crippen molar-refractivity contribution in [2.45, 2.75) is 44.8 Å². The van der Waals surface area contributed by atoms with Crippen LogP contribution in [0.25, 0.3) is 5.13 Å². The zero-order chi connectivity index (χ0) is 20.2. The quantitative estimate of drug-likeness (QED) is 0.667. The first-order chi connectivity index (χ1) is 14.1. The van der Waals surface area contributed by atoms with E-state index < -0.39 is 0 Å². The third-order valence-corrected chi connectivity index (χ3v) is 6.08. The number of ether oxygens (including phenoxy) is 2. The van der Waals surface area contributed by atoms with Gasteiger partial charge in [0.05, 0.1) is 25.2 Å². The first kappa shape index (κ1) is 19.4. The summed E-state index contributed by atoms with van der Waals surface area (Å²) in [6, 6.07) is 4.01. The molecule has 4 rings (SSSR count). The van der Waals surface area contributed by atoms with E-state index in [0.29, 0.717) is 16.6 Å². The predicted octanol–water partition coefficient (Wildman–Crippen LogP) is 3.16. The molecule has 8 nitrogen and oxygen atoms in total. The van der Waals surface area contributed by atoms with E-state index >= 15 is 0 Å². The first-order valence-corrected chi connectivity index (χ1v) is 10.4. The number of hydrogen-bond donors (Lipinski definition) is 1. The van der Waals surface area contributed by atoms with E-state index in [9.17, 15) is 4.79 Å². The summed E-state index contributed by atoms with van der Waals surface area (Å²) in [5.41, 5.74) is 0.754.